The van der Waals surface area contributed by atoms with Crippen molar-refractivity contribution < 1.29 is 28.9 Å². The Morgan fingerprint density at radius 3 is 1.18 bits per heavy atom. The monoisotopic (exact) mass is 752 g/mol. The normalized spacial score (nSPS) is 11.6. The Balaban J connectivity index is 1.37. The van der Waals surface area contributed by atoms with Crippen LogP contribution < -0.4 is 0 Å². The fourth-order valence-corrected chi connectivity index (χ4v) is 6.84. The summed E-state index contributed by atoms with van der Waals surface area (Å²) in [6.45, 7) is 2.45. The SMILES string of the molecule is CC(=O)ON=C(CCSc1ccc(Cl)cc1)C(=O)c1ccc(Sc2ccc(C(=O)C(CCSc3ccc(Cl)cc3)=NOC(C)=O)cc2)cc1. The average molecular weight is 754 g/mol. The molecular weight excluding hydrogens is 724 g/mol. The van der Waals surface area contributed by atoms with Gasteiger partial charge in [-0.15, -0.1) is 23.5 Å². The van der Waals surface area contributed by atoms with Crippen LogP contribution in [-0.4, -0.2) is 46.4 Å². The Labute approximate surface area is 307 Å². The van der Waals surface area contributed by atoms with Crippen LogP contribution in [0.5, 0.6) is 0 Å². The van der Waals surface area contributed by atoms with Crippen LogP contribution in [0, 0.1) is 0 Å². The fraction of sp³-hybridized carbons (Fsp3) is 0.167. The molecule has 0 spiro atoms. The van der Waals surface area contributed by atoms with Gasteiger partial charge in [0, 0.05) is 78.9 Å². The van der Waals surface area contributed by atoms with E-state index in [0.717, 1.165) is 19.6 Å². The van der Waals surface area contributed by atoms with Crippen molar-refractivity contribution in [2.45, 2.75) is 46.3 Å². The van der Waals surface area contributed by atoms with Gasteiger partial charge in [0.05, 0.1) is 0 Å². The molecule has 0 radical (unpaired) electrons. The van der Waals surface area contributed by atoms with Crippen LogP contribution in [0.3, 0.4) is 0 Å². The van der Waals surface area contributed by atoms with Crippen LogP contribution >= 0.6 is 58.5 Å². The Kier molecular flexibility index (Phi) is 15.0. The maximum atomic E-state index is 13.3. The summed E-state index contributed by atoms with van der Waals surface area (Å²) in [5.74, 6) is -0.823. The number of nitrogens with zero attached hydrogens (tertiary/aromatic N) is 2. The molecule has 4 rings (SSSR count). The Morgan fingerprint density at radius 1 is 0.531 bits per heavy atom. The summed E-state index contributed by atoms with van der Waals surface area (Å²) in [4.78, 5) is 62.7. The van der Waals surface area contributed by atoms with Gasteiger partial charge in [-0.05, 0) is 97.1 Å². The zero-order valence-electron chi connectivity index (χ0n) is 26.4. The summed E-state index contributed by atoms with van der Waals surface area (Å²) in [5.41, 5.74) is 1.08. The molecule has 0 saturated heterocycles. The highest BCUT2D eigenvalue weighted by atomic mass is 35.5. The van der Waals surface area contributed by atoms with Gasteiger partial charge >= 0.3 is 11.9 Å². The first-order valence-corrected chi connectivity index (χ1v) is 18.3. The molecule has 0 aliphatic carbocycles. The van der Waals surface area contributed by atoms with Crippen molar-refractivity contribution >= 4 is 93.4 Å². The maximum Gasteiger partial charge on any atom is 0.331 e. The first-order chi connectivity index (χ1) is 23.6. The van der Waals surface area contributed by atoms with Crippen LogP contribution in [0.4, 0.5) is 0 Å². The van der Waals surface area contributed by atoms with Crippen molar-refractivity contribution in [3.05, 3.63) is 118 Å². The number of benzene rings is 4. The van der Waals surface area contributed by atoms with Crippen molar-refractivity contribution in [1.82, 2.24) is 0 Å². The minimum atomic E-state index is -0.615. The molecule has 0 aliphatic heterocycles. The van der Waals surface area contributed by atoms with E-state index in [0.29, 0.717) is 32.7 Å². The highest BCUT2D eigenvalue weighted by Gasteiger charge is 2.18. The van der Waals surface area contributed by atoms with Crippen LogP contribution in [0.2, 0.25) is 10.0 Å². The molecule has 0 bridgehead atoms. The van der Waals surface area contributed by atoms with Gasteiger partial charge in [0.25, 0.3) is 0 Å². The van der Waals surface area contributed by atoms with E-state index in [1.54, 1.807) is 48.5 Å². The number of thioether (sulfide) groups is 2. The van der Waals surface area contributed by atoms with Crippen molar-refractivity contribution in [2.24, 2.45) is 10.3 Å². The summed E-state index contributed by atoms with van der Waals surface area (Å²) in [7, 11) is 0. The lowest BCUT2D eigenvalue weighted by Gasteiger charge is -2.08. The molecule has 0 aromatic heterocycles. The summed E-state index contributed by atoms with van der Waals surface area (Å²) in [5, 5.41) is 8.95. The molecule has 252 valence electrons. The van der Waals surface area contributed by atoms with E-state index in [-0.39, 0.29) is 35.8 Å². The van der Waals surface area contributed by atoms with E-state index in [1.165, 1.54) is 49.1 Å². The number of hydrogen-bond donors (Lipinski definition) is 0. The lowest BCUT2D eigenvalue weighted by Crippen LogP contribution is -2.16. The zero-order chi connectivity index (χ0) is 35.2. The highest BCUT2D eigenvalue weighted by molar-refractivity contribution is 7.99. The second-order valence-corrected chi connectivity index (χ2v) is 14.5. The van der Waals surface area contributed by atoms with Crippen LogP contribution in [0.1, 0.15) is 47.4 Å². The van der Waals surface area contributed by atoms with E-state index < -0.39 is 11.9 Å². The zero-order valence-corrected chi connectivity index (χ0v) is 30.4. The Hall–Kier alpha value is -3.87. The smallest absolute Gasteiger partial charge is 0.318 e. The number of hydrogen-bond acceptors (Lipinski definition) is 11. The fourth-order valence-electron chi connectivity index (χ4n) is 4.05. The number of rotatable bonds is 16. The van der Waals surface area contributed by atoms with Crippen LogP contribution in [-0.2, 0) is 19.3 Å². The molecule has 0 N–H and O–H groups in total. The largest absolute Gasteiger partial charge is 0.331 e. The van der Waals surface area contributed by atoms with Gasteiger partial charge < -0.3 is 9.68 Å². The van der Waals surface area contributed by atoms with Crippen LogP contribution in [0.25, 0.3) is 0 Å². The van der Waals surface area contributed by atoms with Crippen molar-refractivity contribution in [2.75, 3.05) is 11.5 Å². The third-order valence-electron chi connectivity index (χ3n) is 6.40. The van der Waals surface area contributed by atoms with E-state index in [9.17, 15) is 19.2 Å². The van der Waals surface area contributed by atoms with Gasteiger partial charge in [-0.1, -0.05) is 45.3 Å². The predicted molar refractivity (Wildman–Crippen MR) is 198 cm³/mol. The third kappa shape index (κ3) is 12.8. The molecule has 0 amide bonds. The summed E-state index contributed by atoms with van der Waals surface area (Å²) >= 11 is 16.4. The number of Topliss-reactive ketones (excluding diaryl/α,β-unsaturated/α-hetero) is 2. The van der Waals surface area contributed by atoms with Crippen molar-refractivity contribution in [3.63, 3.8) is 0 Å². The van der Waals surface area contributed by atoms with Crippen molar-refractivity contribution in [1.29, 1.82) is 0 Å². The van der Waals surface area contributed by atoms with E-state index in [4.69, 9.17) is 32.9 Å². The van der Waals surface area contributed by atoms with E-state index in [2.05, 4.69) is 10.3 Å². The van der Waals surface area contributed by atoms with Gasteiger partial charge in [0.1, 0.15) is 11.4 Å². The lowest BCUT2D eigenvalue weighted by molar-refractivity contribution is -0.141. The van der Waals surface area contributed by atoms with Crippen LogP contribution in [0.15, 0.2) is 127 Å². The summed E-state index contributed by atoms with van der Waals surface area (Å²) < 4.78 is 0. The molecule has 4 aromatic carbocycles. The molecule has 0 atom stereocenters. The molecule has 4 aromatic rings. The number of oxime groups is 2. The van der Waals surface area contributed by atoms with Gasteiger partial charge in [0.2, 0.25) is 11.6 Å². The molecule has 0 aliphatic rings. The highest BCUT2D eigenvalue weighted by Crippen LogP contribution is 2.29. The molecule has 49 heavy (non-hydrogen) atoms. The number of carbonyl (C=O) groups excluding carboxylic acids is 4. The Morgan fingerprint density at radius 2 is 0.857 bits per heavy atom. The maximum absolute atomic E-state index is 13.3. The molecule has 0 fully saturated rings. The standard InChI is InChI=1S/C36H30Cl2N2O6S3/c1-23(41)45-39-33(19-21-47-29-15-7-27(37)8-16-29)35(43)25-3-11-31(12-4-25)49-32-13-5-26(6-14-32)36(44)34(40-46-24(2)42)20-22-48-30-17-9-28(38)10-18-30/h3-18H,19-22H2,1-2H3. The summed E-state index contributed by atoms with van der Waals surface area (Å²) in [6.07, 6.45) is 0.574. The quantitative estimate of drug-likeness (QED) is 0.0363. The molecular formula is C36H30Cl2N2O6S3. The van der Waals surface area contributed by atoms with Crippen molar-refractivity contribution in [3.8, 4) is 0 Å². The Bertz CT molecular complexity index is 1700. The second-order valence-electron chi connectivity index (χ2n) is 10.2. The molecule has 0 saturated carbocycles. The number of ketones is 2. The third-order valence-corrected chi connectivity index (χ3v) is 9.95. The first-order valence-electron chi connectivity index (χ1n) is 14.8. The van der Waals surface area contributed by atoms with E-state index >= 15 is 0 Å². The minimum absolute atomic E-state index is 0.137. The number of carbonyl (C=O) groups is 4. The predicted octanol–water partition coefficient (Wildman–Crippen LogP) is 9.71. The van der Waals surface area contributed by atoms with E-state index in [1.807, 2.05) is 48.5 Å². The molecule has 0 unspecified atom stereocenters. The summed E-state index contributed by atoms with van der Waals surface area (Å²) in [6, 6.07) is 28.7. The minimum Gasteiger partial charge on any atom is -0.318 e. The van der Waals surface area contributed by atoms with Gasteiger partial charge in [0.15, 0.2) is 0 Å². The van der Waals surface area contributed by atoms with Gasteiger partial charge in [-0.25, -0.2) is 9.59 Å². The first kappa shape index (κ1) is 37.9. The molecule has 13 heteroatoms. The molecule has 8 nitrogen and oxygen atoms in total. The van der Waals surface area contributed by atoms with Gasteiger partial charge in [-0.2, -0.15) is 0 Å². The average Bonchev–Trinajstić information content (AvgIpc) is 3.09. The molecule has 0 heterocycles. The lowest BCUT2D eigenvalue weighted by atomic mass is 10.1. The topological polar surface area (TPSA) is 111 Å². The number of halogens is 2. The second kappa shape index (κ2) is 19.4. The van der Waals surface area contributed by atoms with Gasteiger partial charge in [-0.3, -0.25) is 9.59 Å².